The van der Waals surface area contributed by atoms with E-state index >= 15 is 0 Å². The summed E-state index contributed by atoms with van der Waals surface area (Å²) in [6.45, 7) is 0. The van der Waals surface area contributed by atoms with E-state index in [2.05, 4.69) is 17.9 Å². The van der Waals surface area contributed by atoms with Gasteiger partial charge in [-0.2, -0.15) is 0 Å². The number of nitrogens with two attached hydrogens (primary N) is 4. The van der Waals surface area contributed by atoms with Gasteiger partial charge < -0.3 is 14.7 Å². The van der Waals surface area contributed by atoms with Gasteiger partial charge in [0.1, 0.15) is 0 Å². The summed E-state index contributed by atoms with van der Waals surface area (Å²) in [5, 5.41) is 0. The Bertz CT molecular complexity index is 173. The van der Waals surface area contributed by atoms with Crippen LogP contribution in [0.3, 0.4) is 0 Å². The first-order valence-electron chi connectivity index (χ1n) is 1.92. The Morgan fingerprint density at radius 2 is 0.917 bits per heavy atom. The van der Waals surface area contributed by atoms with E-state index in [-0.39, 0.29) is 0 Å². The van der Waals surface area contributed by atoms with E-state index in [0.717, 1.165) is 0 Å². The second-order valence-corrected chi connectivity index (χ2v) is 10.5. The summed E-state index contributed by atoms with van der Waals surface area (Å²) in [4.78, 5) is 21.6. The molecule has 0 atom stereocenters. The Morgan fingerprint density at radius 3 is 0.917 bits per heavy atom. The van der Waals surface area contributed by atoms with Crippen molar-refractivity contribution in [1.82, 2.24) is 0 Å². The summed E-state index contributed by atoms with van der Waals surface area (Å²) in [7, 11) is -4.64. The first-order chi connectivity index (χ1) is 4.45. The Hall–Kier alpha value is 0.493. The van der Waals surface area contributed by atoms with Crippen LogP contribution in [0.25, 0.3) is 0 Å². The van der Waals surface area contributed by atoms with Crippen molar-refractivity contribution in [2.75, 3.05) is 0 Å². The summed E-state index contributed by atoms with van der Waals surface area (Å²) >= 11 is -6.05. The Balaban J connectivity index is 0. The van der Waals surface area contributed by atoms with E-state index in [4.69, 9.17) is 27.1 Å². The molecule has 0 rings (SSSR count). The predicted octanol–water partition coefficient (Wildman–Crippen LogP) is -4.41. The molecule has 12 heteroatoms. The van der Waals surface area contributed by atoms with Gasteiger partial charge >= 0.3 is 47.7 Å². The van der Waals surface area contributed by atoms with Crippen molar-refractivity contribution in [3.8, 4) is 0 Å². The van der Waals surface area contributed by atoms with Crippen LogP contribution >= 0.6 is 7.82 Å². The molecule has 0 radical (unpaired) electrons. The molecule has 0 aliphatic heterocycles. The molecule has 0 aromatic heterocycles. The molecule has 0 saturated carbocycles. The Kier molecular flexibility index (Phi) is 3.42. The van der Waals surface area contributed by atoms with E-state index in [9.17, 15) is 0 Å². The molecule has 0 aliphatic carbocycles. The van der Waals surface area contributed by atoms with Gasteiger partial charge in [0.25, 0.3) is 0 Å². The zero-order valence-electron chi connectivity index (χ0n) is 5.75. The number of hydrogen-bond donors (Lipinski definition) is 9. The molecule has 82 valence electrons. The molecule has 0 fully saturated rings. The predicted molar refractivity (Wildman–Crippen MR) is 35.5 cm³/mol. The Labute approximate surface area is 67.5 Å². The number of phosphoric acid groups is 1. The van der Waals surface area contributed by atoms with E-state index in [0.29, 0.717) is 0 Å². The number of hydrogen-bond acceptors (Lipinski definition) is 7. The summed E-state index contributed by atoms with van der Waals surface area (Å²) < 4.78 is 43.3. The van der Waals surface area contributed by atoms with Gasteiger partial charge in [0.15, 0.2) is 0 Å². The summed E-state index contributed by atoms with van der Waals surface area (Å²) in [6, 6.07) is 0. The molecule has 10 nitrogen and oxygen atoms in total. The van der Waals surface area contributed by atoms with Crippen molar-refractivity contribution in [3.63, 3.8) is 0 Å². The summed E-state index contributed by atoms with van der Waals surface area (Å²) in [5.74, 6) is 0. The fourth-order valence-electron chi connectivity index (χ4n) is 0. The van der Waals surface area contributed by atoms with Gasteiger partial charge in [-0.05, 0) is 0 Å². The minimum atomic E-state index is -6.05. The average molecular weight is 297 g/mol. The Morgan fingerprint density at radius 1 is 0.917 bits per heavy atom. The first-order valence-corrected chi connectivity index (χ1v) is 9.05. The molecule has 0 aromatic rings. The maximum absolute atomic E-state index is 8.88. The molecular formula is H13N4O6PRu. The van der Waals surface area contributed by atoms with Crippen molar-refractivity contribution < 1.29 is 41.2 Å². The molecule has 12 heavy (non-hydrogen) atoms. The normalized spacial score (nSPS) is 18.4. The van der Waals surface area contributed by atoms with Gasteiger partial charge in [-0.1, -0.05) is 0 Å². The molecule has 0 aromatic carbocycles. The van der Waals surface area contributed by atoms with Crippen LogP contribution in [-0.4, -0.2) is 22.5 Å². The third-order valence-corrected chi connectivity index (χ3v) is 0. The monoisotopic (exact) mass is 298 g/mol. The molecule has 13 N–H and O–H groups in total. The fourth-order valence-corrected chi connectivity index (χ4v) is 0. The molecule has 0 aliphatic rings. The van der Waals surface area contributed by atoms with Crippen molar-refractivity contribution in [3.05, 3.63) is 0 Å². The van der Waals surface area contributed by atoms with Crippen LogP contribution in [0.2, 0.25) is 0 Å². The second-order valence-electron chi connectivity index (χ2n) is 2.02. The zero-order valence-corrected chi connectivity index (χ0v) is 8.39. The van der Waals surface area contributed by atoms with E-state index < -0.39 is 21.9 Å². The zero-order chi connectivity index (χ0) is 10.9. The van der Waals surface area contributed by atoms with Crippen LogP contribution in [-0.2, 0) is 18.7 Å². The minimum absolute atomic E-state index is 4.46. The topological polar surface area (TPSA) is 222 Å². The van der Waals surface area contributed by atoms with Gasteiger partial charge in [-0.3, -0.25) is 0 Å². The SMILES string of the molecule is O=P(O)(O)O.[NH2][Ru]([NH2])([NH2])([NH2])([OH])[OH]. The molecule has 0 spiro atoms. The first kappa shape index (κ1) is 15.0. The molecule has 0 amide bonds. The van der Waals surface area contributed by atoms with Crippen molar-refractivity contribution in [1.29, 1.82) is 0 Å². The van der Waals surface area contributed by atoms with Gasteiger partial charge in [0.05, 0.1) is 0 Å². The van der Waals surface area contributed by atoms with Crippen molar-refractivity contribution in [2.45, 2.75) is 0 Å². The fraction of sp³-hybridized carbons (Fsp3) is 0. The summed E-state index contributed by atoms with van der Waals surface area (Å²) in [5.41, 5.74) is 0. The van der Waals surface area contributed by atoms with Gasteiger partial charge in [-0.15, -0.1) is 0 Å². The second kappa shape index (κ2) is 2.74. The quantitative estimate of drug-likeness (QED) is 0.154. The molecule has 0 saturated heterocycles. The maximum atomic E-state index is 8.88. The third-order valence-electron chi connectivity index (χ3n) is 0. The number of rotatable bonds is 0. The van der Waals surface area contributed by atoms with Gasteiger partial charge in [0, 0.05) is 0 Å². The van der Waals surface area contributed by atoms with E-state index in [1.807, 2.05) is 0 Å². The third kappa shape index (κ3) is 3890. The van der Waals surface area contributed by atoms with Crippen molar-refractivity contribution >= 4 is 7.82 Å². The van der Waals surface area contributed by atoms with Crippen LogP contribution < -0.4 is 17.9 Å². The molecule has 0 unspecified atom stereocenters. The summed E-state index contributed by atoms with van der Waals surface area (Å²) in [6.07, 6.45) is 0. The molecule has 0 bridgehead atoms. The van der Waals surface area contributed by atoms with E-state index in [1.54, 1.807) is 0 Å². The van der Waals surface area contributed by atoms with Crippen LogP contribution in [0.5, 0.6) is 0 Å². The van der Waals surface area contributed by atoms with Crippen LogP contribution in [0.1, 0.15) is 0 Å². The van der Waals surface area contributed by atoms with Crippen LogP contribution in [0.4, 0.5) is 0 Å². The van der Waals surface area contributed by atoms with Crippen LogP contribution in [0, 0.1) is 0 Å². The average Bonchev–Trinajstić information content (AvgIpc) is 1.04. The van der Waals surface area contributed by atoms with Gasteiger partial charge in [-0.25, -0.2) is 4.57 Å². The standard InChI is InChI=1S/4H2N.H3O4P.2H2O.Ru/c;;;;1-5(2,3)4;;;/h4*1H2;(H3,1,2,3,4);2*1H2;/q4*-1;;;;+6/p-2. The molecular weight excluding hydrogens is 284 g/mol. The van der Waals surface area contributed by atoms with Crippen LogP contribution in [0.15, 0.2) is 0 Å². The van der Waals surface area contributed by atoms with Gasteiger partial charge in [0.2, 0.25) is 0 Å². The van der Waals surface area contributed by atoms with E-state index in [1.165, 1.54) is 0 Å². The van der Waals surface area contributed by atoms with Crippen molar-refractivity contribution in [2.24, 2.45) is 17.9 Å². The molecule has 0 heterocycles.